The fourth-order valence-corrected chi connectivity index (χ4v) is 1.23. The van der Waals surface area contributed by atoms with Gasteiger partial charge in [0.15, 0.2) is 0 Å². The summed E-state index contributed by atoms with van der Waals surface area (Å²) in [5.41, 5.74) is 0.331. The average Bonchev–Trinajstić information content (AvgIpc) is 2.42. The summed E-state index contributed by atoms with van der Waals surface area (Å²) < 4.78 is 0. The number of aromatic carboxylic acids is 1. The molecule has 1 atom stereocenters. The summed E-state index contributed by atoms with van der Waals surface area (Å²) in [6.45, 7) is 2.10. The van der Waals surface area contributed by atoms with E-state index in [0.717, 1.165) is 12.8 Å². The Balaban J connectivity index is 0.000000321. The minimum absolute atomic E-state index is 0.0999. The molecule has 102 valence electrons. The highest BCUT2D eigenvalue weighted by atomic mass is 17.1. The number of aliphatic hydroxyl groups is 1. The Morgan fingerprint density at radius 3 is 2.28 bits per heavy atom. The van der Waals surface area contributed by atoms with E-state index in [4.69, 9.17) is 15.5 Å². The number of hydrogen-bond donors (Lipinski definition) is 3. The predicted molar refractivity (Wildman–Crippen MR) is 67.5 cm³/mol. The van der Waals surface area contributed by atoms with Gasteiger partial charge >= 0.3 is 5.97 Å². The lowest BCUT2D eigenvalue weighted by Crippen LogP contribution is -2.09. The van der Waals surface area contributed by atoms with Gasteiger partial charge in [0.2, 0.25) is 0 Å². The van der Waals surface area contributed by atoms with Crippen molar-refractivity contribution in [3.63, 3.8) is 0 Å². The van der Waals surface area contributed by atoms with Crippen LogP contribution in [0, 0.1) is 0 Å². The second-order valence-corrected chi connectivity index (χ2v) is 3.67. The number of rotatable bonds is 6. The predicted octanol–water partition coefficient (Wildman–Crippen LogP) is 2.41. The number of aliphatic hydroxyl groups excluding tert-OH is 1. The quantitative estimate of drug-likeness (QED) is 0.537. The molecule has 0 saturated heterocycles. The molecule has 0 aliphatic heterocycles. The molecule has 1 aromatic rings. The lowest BCUT2D eigenvalue weighted by atomic mass is 10.2. The Morgan fingerprint density at radius 2 is 1.94 bits per heavy atom. The van der Waals surface area contributed by atoms with E-state index >= 15 is 0 Å². The van der Waals surface area contributed by atoms with Crippen molar-refractivity contribution in [3.05, 3.63) is 35.9 Å². The van der Waals surface area contributed by atoms with Gasteiger partial charge < -0.3 is 10.2 Å². The summed E-state index contributed by atoms with van der Waals surface area (Å²) in [6, 6.07) is 8.30. The molecule has 5 heteroatoms. The summed E-state index contributed by atoms with van der Waals surface area (Å²) in [5.74, 6) is -0.879. The van der Waals surface area contributed by atoms with Crippen LogP contribution >= 0.6 is 0 Å². The molecule has 0 aromatic heterocycles. The third-order valence-electron chi connectivity index (χ3n) is 2.31. The van der Waals surface area contributed by atoms with Gasteiger partial charge in [-0.05, 0) is 31.4 Å². The van der Waals surface area contributed by atoms with E-state index in [-0.39, 0.29) is 12.7 Å². The van der Waals surface area contributed by atoms with Crippen molar-refractivity contribution >= 4 is 5.97 Å². The van der Waals surface area contributed by atoms with Crippen molar-refractivity contribution in [2.24, 2.45) is 0 Å². The Kier molecular flexibility index (Phi) is 9.86. The van der Waals surface area contributed by atoms with Gasteiger partial charge in [0, 0.05) is 6.61 Å². The molecule has 0 amide bonds. The van der Waals surface area contributed by atoms with E-state index in [1.54, 1.807) is 30.3 Å². The largest absolute Gasteiger partial charge is 0.478 e. The molecule has 1 unspecified atom stereocenters. The van der Waals surface area contributed by atoms with E-state index < -0.39 is 5.97 Å². The van der Waals surface area contributed by atoms with Crippen LogP contribution in [0.15, 0.2) is 30.3 Å². The maximum atomic E-state index is 10.2. The summed E-state index contributed by atoms with van der Waals surface area (Å²) in [4.78, 5) is 14.3. The maximum Gasteiger partial charge on any atom is 0.335 e. The molecule has 0 spiro atoms. The molecule has 0 saturated carbocycles. The van der Waals surface area contributed by atoms with Gasteiger partial charge in [0.1, 0.15) is 0 Å². The van der Waals surface area contributed by atoms with Crippen molar-refractivity contribution < 1.29 is 25.2 Å². The van der Waals surface area contributed by atoms with Crippen LogP contribution in [-0.4, -0.2) is 34.2 Å². The second-order valence-electron chi connectivity index (χ2n) is 3.67. The topological polar surface area (TPSA) is 87.0 Å². The number of carbonyl (C=O) groups is 1. The molecule has 0 radical (unpaired) electrons. The van der Waals surface area contributed by atoms with Crippen molar-refractivity contribution in [2.45, 2.75) is 32.3 Å². The molecular weight excluding hydrogens is 236 g/mol. The fraction of sp³-hybridized carbons (Fsp3) is 0.462. The first-order valence-electron chi connectivity index (χ1n) is 5.85. The van der Waals surface area contributed by atoms with Gasteiger partial charge in [-0.15, -0.1) is 0 Å². The molecular formula is C13H20O5. The third-order valence-corrected chi connectivity index (χ3v) is 2.31. The van der Waals surface area contributed by atoms with Crippen LogP contribution in [0.2, 0.25) is 0 Å². The molecule has 1 rings (SSSR count). The molecule has 0 aliphatic carbocycles. The number of carboxylic acid groups (broad SMARTS) is 1. The van der Waals surface area contributed by atoms with E-state index in [9.17, 15) is 4.79 Å². The van der Waals surface area contributed by atoms with Crippen LogP contribution in [0.3, 0.4) is 0 Å². The third kappa shape index (κ3) is 7.78. The Morgan fingerprint density at radius 1 is 1.33 bits per heavy atom. The summed E-state index contributed by atoms with van der Waals surface area (Å²) in [5, 5.41) is 24.9. The standard InChI is InChI=1S/C7H6O2.C6H14O3/c8-7(9)6-4-2-1-3-5-6;1-2-6(9-8)4-3-5-7/h1-5H,(H,8,9);6-8H,2-5H2,1H3. The van der Waals surface area contributed by atoms with Crippen molar-refractivity contribution in [2.75, 3.05) is 6.61 Å². The highest BCUT2D eigenvalue weighted by Gasteiger charge is 2.03. The van der Waals surface area contributed by atoms with Crippen molar-refractivity contribution in [1.82, 2.24) is 0 Å². The van der Waals surface area contributed by atoms with Crippen molar-refractivity contribution in [3.8, 4) is 0 Å². The first-order valence-corrected chi connectivity index (χ1v) is 5.85. The highest BCUT2D eigenvalue weighted by molar-refractivity contribution is 5.87. The maximum absolute atomic E-state index is 10.2. The number of benzene rings is 1. The van der Waals surface area contributed by atoms with Gasteiger partial charge in [-0.3, -0.25) is 5.26 Å². The second kappa shape index (κ2) is 10.7. The molecule has 0 heterocycles. The van der Waals surface area contributed by atoms with Gasteiger partial charge in [-0.25, -0.2) is 9.68 Å². The Bertz CT molecular complexity index is 308. The number of carboxylic acids is 1. The molecule has 0 fully saturated rings. The summed E-state index contributed by atoms with van der Waals surface area (Å²) >= 11 is 0. The number of hydrogen-bond acceptors (Lipinski definition) is 4. The lowest BCUT2D eigenvalue weighted by Gasteiger charge is -2.07. The van der Waals surface area contributed by atoms with Crippen LogP contribution in [0.4, 0.5) is 0 Å². The van der Waals surface area contributed by atoms with Gasteiger partial charge in [0.25, 0.3) is 0 Å². The minimum Gasteiger partial charge on any atom is -0.478 e. The zero-order valence-electron chi connectivity index (χ0n) is 10.5. The van der Waals surface area contributed by atoms with Gasteiger partial charge in [-0.1, -0.05) is 25.1 Å². The van der Waals surface area contributed by atoms with Crippen molar-refractivity contribution in [1.29, 1.82) is 0 Å². The fourth-order valence-electron chi connectivity index (χ4n) is 1.23. The van der Waals surface area contributed by atoms with Crippen LogP contribution in [0.1, 0.15) is 36.5 Å². The Hall–Kier alpha value is -1.43. The van der Waals surface area contributed by atoms with Crippen LogP contribution in [-0.2, 0) is 4.89 Å². The lowest BCUT2D eigenvalue weighted by molar-refractivity contribution is -0.280. The van der Waals surface area contributed by atoms with Crippen LogP contribution < -0.4 is 0 Å². The Labute approximate surface area is 107 Å². The zero-order chi connectivity index (χ0) is 13.8. The van der Waals surface area contributed by atoms with Gasteiger partial charge in [0.05, 0.1) is 11.7 Å². The molecule has 18 heavy (non-hydrogen) atoms. The van der Waals surface area contributed by atoms with E-state index in [1.165, 1.54) is 0 Å². The molecule has 5 nitrogen and oxygen atoms in total. The van der Waals surface area contributed by atoms with Gasteiger partial charge in [-0.2, -0.15) is 0 Å². The molecule has 1 aromatic carbocycles. The molecule has 0 aliphatic rings. The smallest absolute Gasteiger partial charge is 0.335 e. The monoisotopic (exact) mass is 256 g/mol. The van der Waals surface area contributed by atoms with Crippen LogP contribution in [0.25, 0.3) is 0 Å². The van der Waals surface area contributed by atoms with E-state index in [1.807, 2.05) is 6.92 Å². The summed E-state index contributed by atoms with van der Waals surface area (Å²) in [6.07, 6.45) is 2.11. The normalized spacial score (nSPS) is 11.3. The zero-order valence-corrected chi connectivity index (χ0v) is 10.5. The van der Waals surface area contributed by atoms with E-state index in [2.05, 4.69) is 4.89 Å². The average molecular weight is 256 g/mol. The first kappa shape index (κ1) is 16.6. The SMILES string of the molecule is CCC(CCCO)OO.O=C(O)c1ccccc1. The minimum atomic E-state index is -0.879. The summed E-state index contributed by atoms with van der Waals surface area (Å²) in [7, 11) is 0. The highest BCUT2D eigenvalue weighted by Crippen LogP contribution is 2.03. The van der Waals surface area contributed by atoms with E-state index in [0.29, 0.717) is 12.0 Å². The molecule has 3 N–H and O–H groups in total. The first-order chi connectivity index (χ1) is 8.65. The van der Waals surface area contributed by atoms with Crippen LogP contribution in [0.5, 0.6) is 0 Å². The molecule has 0 bridgehead atoms.